The van der Waals surface area contributed by atoms with E-state index in [0.717, 1.165) is 33.9 Å². The Labute approximate surface area is 125 Å². The van der Waals surface area contributed by atoms with Gasteiger partial charge in [0.05, 0.1) is 41.3 Å². The molecule has 2 aliphatic heterocycles. The van der Waals surface area contributed by atoms with Crippen molar-refractivity contribution in [3.8, 4) is 0 Å². The fraction of sp³-hybridized carbons (Fsp3) is 0.400. The van der Waals surface area contributed by atoms with E-state index in [2.05, 4.69) is 32.3 Å². The summed E-state index contributed by atoms with van der Waals surface area (Å²) in [5.41, 5.74) is 8.76. The maximum absolute atomic E-state index is 6.13. The minimum absolute atomic E-state index is 0.328. The first-order valence-electron chi connectivity index (χ1n) is 6.96. The first-order chi connectivity index (χ1) is 9.70. The highest BCUT2D eigenvalue weighted by Gasteiger charge is 2.40. The molecular formula is C15H16BrN3O. The van der Waals surface area contributed by atoms with E-state index in [0.29, 0.717) is 23.9 Å². The molecule has 3 N–H and O–H groups in total. The van der Waals surface area contributed by atoms with Gasteiger partial charge in [-0.15, -0.1) is 0 Å². The average Bonchev–Trinajstić information content (AvgIpc) is 3.04. The van der Waals surface area contributed by atoms with Gasteiger partial charge in [-0.2, -0.15) is 0 Å². The van der Waals surface area contributed by atoms with Gasteiger partial charge in [0.25, 0.3) is 0 Å². The molecule has 4 nitrogen and oxygen atoms in total. The van der Waals surface area contributed by atoms with Crippen molar-refractivity contribution in [1.29, 1.82) is 0 Å². The fourth-order valence-electron chi connectivity index (χ4n) is 3.32. The van der Waals surface area contributed by atoms with Crippen LogP contribution in [0, 0.1) is 0 Å². The van der Waals surface area contributed by atoms with Crippen LogP contribution in [0.25, 0.3) is 10.9 Å². The van der Waals surface area contributed by atoms with Gasteiger partial charge in [0, 0.05) is 9.86 Å². The lowest BCUT2D eigenvalue weighted by Crippen LogP contribution is -2.30. The quantitative estimate of drug-likeness (QED) is 0.885. The first-order valence-corrected chi connectivity index (χ1v) is 7.76. The number of anilines is 2. The van der Waals surface area contributed by atoms with Crippen molar-refractivity contribution in [2.24, 2.45) is 0 Å². The Balaban J connectivity index is 1.74. The summed E-state index contributed by atoms with van der Waals surface area (Å²) in [6.07, 6.45) is 5.90. The molecule has 3 atom stereocenters. The van der Waals surface area contributed by atoms with Crippen LogP contribution in [0.5, 0.6) is 0 Å². The third kappa shape index (κ3) is 1.96. The lowest BCUT2D eigenvalue weighted by atomic mass is 9.95. The Hall–Kier alpha value is -1.33. The van der Waals surface area contributed by atoms with Crippen molar-refractivity contribution in [3.05, 3.63) is 28.9 Å². The van der Waals surface area contributed by atoms with Crippen molar-refractivity contribution in [2.45, 2.75) is 37.5 Å². The van der Waals surface area contributed by atoms with E-state index in [9.17, 15) is 0 Å². The third-order valence-corrected chi connectivity index (χ3v) is 4.79. The van der Waals surface area contributed by atoms with Gasteiger partial charge in [-0.1, -0.05) is 15.9 Å². The summed E-state index contributed by atoms with van der Waals surface area (Å²) < 4.78 is 6.94. The van der Waals surface area contributed by atoms with Crippen LogP contribution < -0.4 is 11.1 Å². The predicted octanol–water partition coefficient (Wildman–Crippen LogP) is 3.31. The number of nitrogens with one attached hydrogen (secondary N) is 1. The molecule has 2 aliphatic rings. The maximum atomic E-state index is 6.13. The van der Waals surface area contributed by atoms with Gasteiger partial charge < -0.3 is 15.8 Å². The van der Waals surface area contributed by atoms with E-state index in [1.807, 2.05) is 12.1 Å². The molecule has 0 saturated carbocycles. The lowest BCUT2D eigenvalue weighted by molar-refractivity contribution is 0.102. The minimum Gasteiger partial charge on any atom is -0.396 e. The summed E-state index contributed by atoms with van der Waals surface area (Å²) in [5.74, 6) is 0. The van der Waals surface area contributed by atoms with E-state index in [1.54, 1.807) is 6.20 Å². The molecule has 2 fully saturated rings. The van der Waals surface area contributed by atoms with Crippen molar-refractivity contribution in [1.82, 2.24) is 4.98 Å². The van der Waals surface area contributed by atoms with Crippen molar-refractivity contribution in [2.75, 3.05) is 11.1 Å². The normalized spacial score (nSPS) is 28.1. The predicted molar refractivity (Wildman–Crippen MR) is 83.8 cm³/mol. The van der Waals surface area contributed by atoms with Gasteiger partial charge in [-0.25, -0.2) is 0 Å². The molecule has 20 heavy (non-hydrogen) atoms. The Morgan fingerprint density at radius 3 is 3.00 bits per heavy atom. The number of halogens is 1. The van der Waals surface area contributed by atoms with Crippen LogP contribution in [0.3, 0.4) is 0 Å². The smallest absolute Gasteiger partial charge is 0.0781 e. The van der Waals surface area contributed by atoms with Crippen molar-refractivity contribution in [3.63, 3.8) is 0 Å². The Bertz CT molecular complexity index is 670. The number of fused-ring (bicyclic) bond motifs is 3. The van der Waals surface area contributed by atoms with Gasteiger partial charge in [0.1, 0.15) is 0 Å². The highest BCUT2D eigenvalue weighted by Crippen LogP contribution is 2.38. The Morgan fingerprint density at radius 1 is 1.35 bits per heavy atom. The number of hydrogen-bond acceptors (Lipinski definition) is 4. The summed E-state index contributed by atoms with van der Waals surface area (Å²) in [6, 6.07) is 6.42. The topological polar surface area (TPSA) is 60.2 Å². The average molecular weight is 334 g/mol. The second-order valence-corrected chi connectivity index (χ2v) is 6.53. The van der Waals surface area contributed by atoms with E-state index >= 15 is 0 Å². The number of rotatable bonds is 2. The molecule has 0 radical (unpaired) electrons. The summed E-state index contributed by atoms with van der Waals surface area (Å²) in [5, 5.41) is 4.66. The molecule has 3 unspecified atom stereocenters. The van der Waals surface area contributed by atoms with Crippen LogP contribution in [0.2, 0.25) is 0 Å². The number of aromatic nitrogens is 1. The molecular weight excluding hydrogens is 318 g/mol. The van der Waals surface area contributed by atoms with Gasteiger partial charge in [0.15, 0.2) is 0 Å². The molecule has 5 heteroatoms. The molecule has 2 saturated heterocycles. The highest BCUT2D eigenvalue weighted by atomic mass is 79.9. The zero-order chi connectivity index (χ0) is 13.7. The standard InChI is InChI=1S/C15H16BrN3O/c16-8-1-3-12-10(5-8)15(11(17)7-18-12)19-13-6-9-2-4-14(13)20-9/h1,3,5,7,9,13-14H,2,4,6,17H2,(H,18,19). The van der Waals surface area contributed by atoms with Gasteiger partial charge in [-0.3, -0.25) is 4.98 Å². The van der Waals surface area contributed by atoms with E-state index in [-0.39, 0.29) is 0 Å². The van der Waals surface area contributed by atoms with Gasteiger partial charge in [0.2, 0.25) is 0 Å². The number of hydrogen-bond donors (Lipinski definition) is 2. The monoisotopic (exact) mass is 333 g/mol. The summed E-state index contributed by atoms with van der Waals surface area (Å²) >= 11 is 3.52. The second-order valence-electron chi connectivity index (χ2n) is 5.61. The summed E-state index contributed by atoms with van der Waals surface area (Å²) in [6.45, 7) is 0. The molecule has 2 bridgehead atoms. The molecule has 104 valence electrons. The lowest BCUT2D eigenvalue weighted by Gasteiger charge is -2.23. The van der Waals surface area contributed by atoms with Crippen LogP contribution in [0.15, 0.2) is 28.9 Å². The number of benzene rings is 1. The minimum atomic E-state index is 0.328. The summed E-state index contributed by atoms with van der Waals surface area (Å²) in [7, 11) is 0. The van der Waals surface area contributed by atoms with Crippen LogP contribution in [-0.4, -0.2) is 23.2 Å². The summed E-state index contributed by atoms with van der Waals surface area (Å²) in [4.78, 5) is 4.39. The molecule has 1 aromatic carbocycles. The molecule has 0 aliphatic carbocycles. The van der Waals surface area contributed by atoms with Gasteiger partial charge >= 0.3 is 0 Å². The number of nitrogen functional groups attached to an aromatic ring is 1. The zero-order valence-electron chi connectivity index (χ0n) is 11.0. The molecule has 3 heterocycles. The van der Waals surface area contributed by atoms with Crippen LogP contribution in [-0.2, 0) is 4.74 Å². The SMILES string of the molecule is Nc1cnc2ccc(Br)cc2c1NC1CC2CCC1O2. The van der Waals surface area contributed by atoms with E-state index < -0.39 is 0 Å². The number of ether oxygens (including phenoxy) is 1. The van der Waals surface area contributed by atoms with E-state index in [4.69, 9.17) is 10.5 Å². The third-order valence-electron chi connectivity index (χ3n) is 4.30. The van der Waals surface area contributed by atoms with Crippen molar-refractivity contribution >= 4 is 38.2 Å². The Morgan fingerprint density at radius 2 is 2.25 bits per heavy atom. The van der Waals surface area contributed by atoms with Crippen LogP contribution in [0.1, 0.15) is 19.3 Å². The molecule has 2 aromatic rings. The first kappa shape index (κ1) is 12.4. The molecule has 0 amide bonds. The Kier molecular flexibility index (Phi) is 2.86. The molecule has 0 spiro atoms. The number of pyridine rings is 1. The van der Waals surface area contributed by atoms with Crippen LogP contribution in [0.4, 0.5) is 11.4 Å². The highest BCUT2D eigenvalue weighted by molar-refractivity contribution is 9.10. The van der Waals surface area contributed by atoms with E-state index in [1.165, 1.54) is 6.42 Å². The second kappa shape index (κ2) is 4.60. The zero-order valence-corrected chi connectivity index (χ0v) is 12.6. The maximum Gasteiger partial charge on any atom is 0.0781 e. The number of nitrogens with two attached hydrogens (primary N) is 1. The molecule has 4 rings (SSSR count). The van der Waals surface area contributed by atoms with Crippen LogP contribution >= 0.6 is 15.9 Å². The largest absolute Gasteiger partial charge is 0.396 e. The number of nitrogens with zero attached hydrogens (tertiary/aromatic N) is 1. The molecule has 1 aromatic heterocycles. The fourth-order valence-corrected chi connectivity index (χ4v) is 3.68. The van der Waals surface area contributed by atoms with Gasteiger partial charge in [-0.05, 0) is 37.5 Å². The van der Waals surface area contributed by atoms with Crippen molar-refractivity contribution < 1.29 is 4.74 Å².